The molecule has 1 aliphatic heterocycles. The van der Waals surface area contributed by atoms with Crippen LogP contribution < -0.4 is 35.0 Å². The van der Waals surface area contributed by atoms with Gasteiger partial charge in [-0.05, 0) is 78.8 Å². The minimum Gasteiger partial charge on any atom is -0.493 e. The molecule has 0 bridgehead atoms. The van der Waals surface area contributed by atoms with Gasteiger partial charge in [0.05, 0.1) is 48.8 Å². The third-order valence-electron chi connectivity index (χ3n) is 5.94. The molecule has 3 N–H and O–H groups in total. The van der Waals surface area contributed by atoms with Gasteiger partial charge in [0.1, 0.15) is 0 Å². The molecule has 0 spiro atoms. The summed E-state index contributed by atoms with van der Waals surface area (Å²) in [5.74, 6) is -0.327. The van der Waals surface area contributed by atoms with Gasteiger partial charge in [-0.25, -0.2) is 19.8 Å². The van der Waals surface area contributed by atoms with Crippen molar-refractivity contribution in [2.45, 2.75) is 26.8 Å². The zero-order valence-electron chi connectivity index (χ0n) is 24.8. The Kier molecular flexibility index (Phi) is 12.6. The van der Waals surface area contributed by atoms with Gasteiger partial charge in [0.15, 0.2) is 36.2 Å². The minimum absolute atomic E-state index is 0.172. The SMILES string of the molecule is CCOC(=O)COc1c(I)cc(/C=N\NC(=O)COc2ccc([C@H]3NC(=O)NC(C)=C3C(=O)OCC)cc2OC)cc1OC. The highest BCUT2D eigenvalue weighted by molar-refractivity contribution is 14.1. The number of halogens is 1. The average Bonchev–Trinajstić information content (AvgIpc) is 2.98. The number of carbonyl (C=O) groups is 4. The number of allylic oxidation sites excluding steroid dienone is 1. The molecule has 14 nitrogen and oxygen atoms in total. The zero-order chi connectivity index (χ0) is 32.2. The van der Waals surface area contributed by atoms with E-state index in [1.54, 1.807) is 51.1 Å². The largest absolute Gasteiger partial charge is 0.493 e. The Morgan fingerprint density at radius 3 is 2.39 bits per heavy atom. The van der Waals surface area contributed by atoms with Crippen LogP contribution in [0.1, 0.15) is 37.9 Å². The average molecular weight is 725 g/mol. The molecular formula is C29H33IN4O10. The predicted octanol–water partition coefficient (Wildman–Crippen LogP) is 2.97. The molecule has 3 rings (SSSR count). The second kappa shape index (κ2) is 16.3. The molecule has 1 aliphatic rings. The van der Waals surface area contributed by atoms with Crippen molar-refractivity contribution in [2.75, 3.05) is 40.6 Å². The second-order valence-electron chi connectivity index (χ2n) is 8.91. The normalized spacial score (nSPS) is 14.3. The van der Waals surface area contributed by atoms with Crippen LogP contribution in [0.4, 0.5) is 4.79 Å². The molecule has 15 heteroatoms. The van der Waals surface area contributed by atoms with E-state index < -0.39 is 29.9 Å². The summed E-state index contributed by atoms with van der Waals surface area (Å²) < 4.78 is 32.7. The molecule has 236 valence electrons. The van der Waals surface area contributed by atoms with E-state index in [-0.39, 0.29) is 43.5 Å². The number of urea groups is 1. The number of ether oxygens (including phenoxy) is 6. The van der Waals surface area contributed by atoms with Crippen LogP contribution in [0.25, 0.3) is 0 Å². The number of carbonyl (C=O) groups excluding carboxylic acids is 4. The Bertz CT molecular complexity index is 1460. The number of methoxy groups -OCH3 is 2. The Hall–Kier alpha value is -4.54. The molecule has 2 aromatic carbocycles. The highest BCUT2D eigenvalue weighted by Gasteiger charge is 2.32. The fourth-order valence-corrected chi connectivity index (χ4v) is 4.83. The van der Waals surface area contributed by atoms with E-state index in [0.717, 1.165) is 0 Å². The molecule has 44 heavy (non-hydrogen) atoms. The lowest BCUT2D eigenvalue weighted by molar-refractivity contribution is -0.145. The van der Waals surface area contributed by atoms with Crippen LogP contribution in [0.3, 0.4) is 0 Å². The smallest absolute Gasteiger partial charge is 0.344 e. The van der Waals surface area contributed by atoms with Crippen molar-refractivity contribution < 1.29 is 47.6 Å². The Balaban J connectivity index is 1.64. The van der Waals surface area contributed by atoms with Gasteiger partial charge >= 0.3 is 18.0 Å². The van der Waals surface area contributed by atoms with Gasteiger partial charge in [-0.2, -0.15) is 5.10 Å². The molecule has 2 aromatic rings. The Morgan fingerprint density at radius 1 is 0.977 bits per heavy atom. The molecule has 1 atom stereocenters. The van der Waals surface area contributed by atoms with Crippen LogP contribution >= 0.6 is 22.6 Å². The van der Waals surface area contributed by atoms with Crippen molar-refractivity contribution in [2.24, 2.45) is 5.10 Å². The second-order valence-corrected chi connectivity index (χ2v) is 10.1. The summed E-state index contributed by atoms with van der Waals surface area (Å²) in [6.45, 7) is 4.78. The molecule has 1 heterocycles. The number of rotatable bonds is 14. The molecule has 0 unspecified atom stereocenters. The molecule has 0 saturated carbocycles. The van der Waals surface area contributed by atoms with E-state index in [9.17, 15) is 19.2 Å². The number of nitrogens with one attached hydrogen (secondary N) is 3. The summed E-state index contributed by atoms with van der Waals surface area (Å²) in [5, 5.41) is 9.27. The van der Waals surface area contributed by atoms with E-state index in [2.05, 4.69) is 21.2 Å². The first-order valence-corrected chi connectivity index (χ1v) is 14.4. The van der Waals surface area contributed by atoms with Gasteiger partial charge in [0.2, 0.25) is 0 Å². The van der Waals surface area contributed by atoms with E-state index in [4.69, 9.17) is 28.4 Å². The maximum absolute atomic E-state index is 12.6. The number of amides is 3. The number of hydrogen-bond acceptors (Lipinski definition) is 11. The highest BCUT2D eigenvalue weighted by Crippen LogP contribution is 2.35. The fraction of sp³-hybridized carbons (Fsp3) is 0.345. The Labute approximate surface area is 267 Å². The van der Waals surface area contributed by atoms with Crippen molar-refractivity contribution in [3.05, 3.63) is 56.3 Å². The summed E-state index contributed by atoms with van der Waals surface area (Å²) in [6.07, 6.45) is 1.41. The molecular weight excluding hydrogens is 691 g/mol. The lowest BCUT2D eigenvalue weighted by Crippen LogP contribution is -2.45. The van der Waals surface area contributed by atoms with E-state index in [0.29, 0.717) is 31.9 Å². The third-order valence-corrected chi connectivity index (χ3v) is 6.74. The highest BCUT2D eigenvalue weighted by atomic mass is 127. The van der Waals surface area contributed by atoms with E-state index in [1.165, 1.54) is 20.4 Å². The van der Waals surface area contributed by atoms with Crippen LogP contribution in [-0.4, -0.2) is 70.7 Å². The first-order chi connectivity index (χ1) is 21.1. The first kappa shape index (κ1) is 34.0. The number of benzene rings is 2. The van der Waals surface area contributed by atoms with E-state index in [1.807, 2.05) is 22.6 Å². The van der Waals surface area contributed by atoms with Gasteiger partial charge < -0.3 is 39.1 Å². The zero-order valence-corrected chi connectivity index (χ0v) is 26.9. The van der Waals surface area contributed by atoms with Crippen molar-refractivity contribution in [3.63, 3.8) is 0 Å². The summed E-state index contributed by atoms with van der Waals surface area (Å²) in [5.41, 5.74) is 4.16. The summed E-state index contributed by atoms with van der Waals surface area (Å²) in [6, 6.07) is 6.92. The van der Waals surface area contributed by atoms with Gasteiger partial charge in [0, 0.05) is 5.70 Å². The minimum atomic E-state index is -0.789. The van der Waals surface area contributed by atoms with Crippen LogP contribution in [0.15, 0.2) is 46.7 Å². The number of nitrogens with zero attached hydrogens (tertiary/aromatic N) is 1. The van der Waals surface area contributed by atoms with Crippen LogP contribution in [0, 0.1) is 3.57 Å². The van der Waals surface area contributed by atoms with Crippen molar-refractivity contribution >= 4 is 52.7 Å². The summed E-state index contributed by atoms with van der Waals surface area (Å²) >= 11 is 2.03. The molecule has 3 amide bonds. The number of esters is 2. The van der Waals surface area contributed by atoms with Crippen LogP contribution in [0.5, 0.6) is 23.0 Å². The fourth-order valence-electron chi connectivity index (χ4n) is 4.05. The maximum Gasteiger partial charge on any atom is 0.344 e. The number of hydrogen-bond donors (Lipinski definition) is 3. The van der Waals surface area contributed by atoms with Gasteiger partial charge in [0.25, 0.3) is 5.91 Å². The van der Waals surface area contributed by atoms with Crippen molar-refractivity contribution in [3.8, 4) is 23.0 Å². The lowest BCUT2D eigenvalue weighted by atomic mass is 9.95. The third kappa shape index (κ3) is 8.98. The van der Waals surface area contributed by atoms with Gasteiger partial charge in [-0.1, -0.05) is 6.07 Å². The quantitative estimate of drug-likeness (QED) is 0.114. The monoisotopic (exact) mass is 724 g/mol. The molecule has 0 aliphatic carbocycles. The standard InChI is InChI=1S/C29H33IN4O10/c1-6-41-24(36)15-44-27-19(30)10-17(11-22(27)40-5)13-31-34-23(35)14-43-20-9-8-18(12-21(20)39-4)26-25(28(37)42-7-2)16(3)32-29(38)33-26/h8-13,26H,6-7,14-15H2,1-5H3,(H,34,35)(H2,32,33,38)/b31-13-/t26-/m1/s1. The molecule has 0 aromatic heterocycles. The summed E-state index contributed by atoms with van der Waals surface area (Å²) in [7, 11) is 2.89. The van der Waals surface area contributed by atoms with Crippen molar-refractivity contribution in [1.82, 2.24) is 16.1 Å². The molecule has 0 fully saturated rings. The molecule has 0 radical (unpaired) electrons. The van der Waals surface area contributed by atoms with E-state index >= 15 is 0 Å². The number of hydrazone groups is 1. The van der Waals surface area contributed by atoms with Gasteiger partial charge in [-0.15, -0.1) is 0 Å². The molecule has 0 saturated heterocycles. The Morgan fingerprint density at radius 2 is 1.70 bits per heavy atom. The van der Waals surface area contributed by atoms with Crippen LogP contribution in [-0.2, 0) is 23.9 Å². The van der Waals surface area contributed by atoms with Crippen molar-refractivity contribution in [1.29, 1.82) is 0 Å². The lowest BCUT2D eigenvalue weighted by Gasteiger charge is -2.28. The maximum atomic E-state index is 12.6. The van der Waals surface area contributed by atoms with Crippen LogP contribution in [0.2, 0.25) is 0 Å². The predicted molar refractivity (Wildman–Crippen MR) is 166 cm³/mol. The van der Waals surface area contributed by atoms with Gasteiger partial charge in [-0.3, -0.25) is 4.79 Å². The first-order valence-electron chi connectivity index (χ1n) is 13.4. The topological polar surface area (TPSA) is 172 Å². The summed E-state index contributed by atoms with van der Waals surface area (Å²) in [4.78, 5) is 48.8.